The highest BCUT2D eigenvalue weighted by molar-refractivity contribution is 7.47. The summed E-state index contributed by atoms with van der Waals surface area (Å²) < 4.78 is 32.7. The van der Waals surface area contributed by atoms with E-state index in [-0.39, 0.29) is 19.4 Å². The molecule has 0 rings (SSSR count). The third-order valence-corrected chi connectivity index (χ3v) is 10.5. The Morgan fingerprint density at radius 1 is 0.492 bits per heavy atom. The maximum atomic E-state index is 12.6. The molecule has 0 spiro atoms. The van der Waals surface area contributed by atoms with Crippen LogP contribution in [0.3, 0.4) is 0 Å². The van der Waals surface area contributed by atoms with Crippen molar-refractivity contribution in [1.29, 1.82) is 0 Å². The molecule has 1 unspecified atom stereocenters. The molecule has 0 radical (unpaired) electrons. The minimum Gasteiger partial charge on any atom is -0.462 e. The molecule has 0 aliphatic rings. The highest BCUT2D eigenvalue weighted by atomic mass is 31.2. The standard InChI is InChI=1S/C50H85O10P/c1-3-5-7-9-11-13-15-17-19-21-22-23-24-26-27-29-31-33-35-37-39-41-49(53)57-45-48(46-59-61(55,56)58-44-47(52)43-51)60-50(54)42-40-38-36-34-32-30-28-25-20-18-16-14-12-10-8-6-4-2/h12,14,18-21,23-24,27-30,33,35,47-48,51-52H,3-11,13,15-17,22,25-26,31-32,34,36-46H2,1-2H3,(H,55,56)/b14-12+,20-18+,21-19+,24-23+,29-27+,30-28+,35-33+/t47-,48+/m0/s1. The third kappa shape index (κ3) is 45.0. The van der Waals surface area contributed by atoms with Crippen LogP contribution in [0.4, 0.5) is 0 Å². The minimum atomic E-state index is -4.64. The molecule has 0 bridgehead atoms. The van der Waals surface area contributed by atoms with Crippen molar-refractivity contribution in [2.24, 2.45) is 0 Å². The molecular weight excluding hydrogens is 792 g/mol. The summed E-state index contributed by atoms with van der Waals surface area (Å²) in [5.41, 5.74) is 0. The topological polar surface area (TPSA) is 149 Å². The van der Waals surface area contributed by atoms with Crippen LogP contribution in [0.25, 0.3) is 0 Å². The van der Waals surface area contributed by atoms with Gasteiger partial charge in [0.2, 0.25) is 0 Å². The lowest BCUT2D eigenvalue weighted by molar-refractivity contribution is -0.161. The van der Waals surface area contributed by atoms with Crippen molar-refractivity contribution in [3.8, 4) is 0 Å². The van der Waals surface area contributed by atoms with Crippen LogP contribution in [0, 0.1) is 0 Å². The van der Waals surface area contributed by atoms with E-state index in [4.69, 9.17) is 19.1 Å². The number of carbonyl (C=O) groups excluding carboxylic acids is 2. The van der Waals surface area contributed by atoms with Crippen LogP contribution in [-0.2, 0) is 32.7 Å². The Hall–Kier alpha value is -2.85. The summed E-state index contributed by atoms with van der Waals surface area (Å²) in [5.74, 6) is -1.02. The molecule has 0 aliphatic carbocycles. The predicted octanol–water partition coefficient (Wildman–Crippen LogP) is 13.0. The van der Waals surface area contributed by atoms with E-state index < -0.39 is 51.8 Å². The molecule has 350 valence electrons. The molecule has 0 saturated carbocycles. The molecule has 0 heterocycles. The van der Waals surface area contributed by atoms with Crippen molar-refractivity contribution in [3.05, 3.63) is 85.1 Å². The normalized spacial score (nSPS) is 14.5. The first kappa shape index (κ1) is 58.1. The Bertz CT molecular complexity index is 1280. The van der Waals surface area contributed by atoms with Gasteiger partial charge in [-0.1, -0.05) is 163 Å². The zero-order valence-corrected chi connectivity index (χ0v) is 39.0. The number of esters is 2. The van der Waals surface area contributed by atoms with E-state index in [1.807, 2.05) is 6.08 Å². The highest BCUT2D eigenvalue weighted by Crippen LogP contribution is 2.43. The van der Waals surface area contributed by atoms with E-state index in [0.29, 0.717) is 19.3 Å². The maximum absolute atomic E-state index is 12.6. The van der Waals surface area contributed by atoms with Gasteiger partial charge in [0.15, 0.2) is 6.10 Å². The van der Waals surface area contributed by atoms with Gasteiger partial charge in [-0.25, -0.2) is 4.57 Å². The number of unbranched alkanes of at least 4 members (excludes halogenated alkanes) is 15. The lowest BCUT2D eigenvalue weighted by Crippen LogP contribution is -2.29. The average molecular weight is 877 g/mol. The molecule has 3 atom stereocenters. The lowest BCUT2D eigenvalue weighted by Gasteiger charge is -2.20. The number of carbonyl (C=O) groups is 2. The first-order chi connectivity index (χ1) is 29.7. The Labute approximate surface area is 371 Å². The number of ether oxygens (including phenoxy) is 2. The van der Waals surface area contributed by atoms with Gasteiger partial charge < -0.3 is 24.6 Å². The summed E-state index contributed by atoms with van der Waals surface area (Å²) in [6.45, 7) is 2.25. The molecule has 0 aromatic carbocycles. The van der Waals surface area contributed by atoms with Gasteiger partial charge in [0.25, 0.3) is 0 Å². The molecular formula is C50H85O10P. The summed E-state index contributed by atoms with van der Waals surface area (Å²) in [5, 5.41) is 18.4. The zero-order valence-electron chi connectivity index (χ0n) is 38.1. The van der Waals surface area contributed by atoms with Gasteiger partial charge >= 0.3 is 19.8 Å². The second kappa shape index (κ2) is 45.2. The minimum absolute atomic E-state index is 0.142. The Kier molecular flexibility index (Phi) is 43.1. The van der Waals surface area contributed by atoms with Crippen molar-refractivity contribution >= 4 is 19.8 Å². The summed E-state index contributed by atoms with van der Waals surface area (Å²) in [6.07, 6.45) is 54.1. The van der Waals surface area contributed by atoms with Crippen LogP contribution in [0.1, 0.15) is 181 Å². The number of aliphatic hydroxyl groups is 2. The van der Waals surface area contributed by atoms with E-state index in [2.05, 4.69) is 97.4 Å². The Balaban J connectivity index is 4.40. The average Bonchev–Trinajstić information content (AvgIpc) is 3.25. The van der Waals surface area contributed by atoms with Crippen LogP contribution < -0.4 is 0 Å². The van der Waals surface area contributed by atoms with Crippen molar-refractivity contribution in [2.75, 3.05) is 26.4 Å². The zero-order chi connectivity index (χ0) is 44.8. The Morgan fingerprint density at radius 3 is 1.36 bits per heavy atom. The number of rotatable bonds is 43. The van der Waals surface area contributed by atoms with Gasteiger partial charge in [0.1, 0.15) is 12.7 Å². The number of phosphoric acid groups is 1. The Morgan fingerprint density at radius 2 is 0.869 bits per heavy atom. The van der Waals surface area contributed by atoms with Gasteiger partial charge in [-0.05, 0) is 89.9 Å². The van der Waals surface area contributed by atoms with Crippen LogP contribution >= 0.6 is 7.82 Å². The fourth-order valence-corrected chi connectivity index (χ4v) is 6.66. The molecule has 10 nitrogen and oxygen atoms in total. The maximum Gasteiger partial charge on any atom is 0.472 e. The van der Waals surface area contributed by atoms with Crippen molar-refractivity contribution in [1.82, 2.24) is 0 Å². The van der Waals surface area contributed by atoms with Gasteiger partial charge in [-0.3, -0.25) is 18.6 Å². The van der Waals surface area contributed by atoms with E-state index in [1.165, 1.54) is 70.6 Å². The van der Waals surface area contributed by atoms with Crippen LogP contribution in [0.15, 0.2) is 85.1 Å². The molecule has 0 aliphatic heterocycles. The number of hydrogen-bond donors (Lipinski definition) is 3. The van der Waals surface area contributed by atoms with Gasteiger partial charge in [-0.15, -0.1) is 0 Å². The van der Waals surface area contributed by atoms with Gasteiger partial charge in [0, 0.05) is 12.8 Å². The summed E-state index contributed by atoms with van der Waals surface area (Å²) in [4.78, 5) is 35.0. The first-order valence-corrected chi connectivity index (χ1v) is 25.0. The number of phosphoric ester groups is 1. The molecule has 0 aromatic heterocycles. The molecule has 0 saturated heterocycles. The van der Waals surface area contributed by atoms with Gasteiger partial charge in [-0.2, -0.15) is 0 Å². The third-order valence-electron chi connectivity index (χ3n) is 9.52. The quantitative estimate of drug-likeness (QED) is 0.0234. The largest absolute Gasteiger partial charge is 0.472 e. The van der Waals surface area contributed by atoms with Crippen molar-refractivity contribution in [3.63, 3.8) is 0 Å². The lowest BCUT2D eigenvalue weighted by atomic mass is 10.1. The summed E-state index contributed by atoms with van der Waals surface area (Å²) >= 11 is 0. The van der Waals surface area contributed by atoms with Crippen molar-refractivity contribution < 1.29 is 47.8 Å². The number of allylic oxidation sites excluding steroid dienone is 14. The van der Waals surface area contributed by atoms with E-state index >= 15 is 0 Å². The SMILES string of the molecule is CCCCC/C=C/C/C=C/C/C=C/CCCCCCC(=O)O[C@H](COC(=O)CCC/C=C/C/C=C/C/C=C/C/C=C/CCCCCCCCC)COP(=O)(O)OC[C@@H](O)CO. The number of hydrogen-bond acceptors (Lipinski definition) is 9. The highest BCUT2D eigenvalue weighted by Gasteiger charge is 2.27. The first-order valence-electron chi connectivity index (χ1n) is 23.5. The fourth-order valence-electron chi connectivity index (χ4n) is 5.87. The van der Waals surface area contributed by atoms with E-state index in [9.17, 15) is 24.2 Å². The molecule has 0 fully saturated rings. The van der Waals surface area contributed by atoms with Crippen molar-refractivity contribution in [2.45, 2.75) is 193 Å². The number of aliphatic hydroxyl groups excluding tert-OH is 2. The summed E-state index contributed by atoms with van der Waals surface area (Å²) in [7, 11) is -4.64. The van der Waals surface area contributed by atoms with E-state index in [1.54, 1.807) is 0 Å². The second-order valence-corrected chi connectivity index (χ2v) is 16.9. The van der Waals surface area contributed by atoms with Crippen LogP contribution in [-0.4, -0.2) is 65.7 Å². The monoisotopic (exact) mass is 877 g/mol. The molecule has 61 heavy (non-hydrogen) atoms. The van der Waals surface area contributed by atoms with Crippen LogP contribution in [0.2, 0.25) is 0 Å². The van der Waals surface area contributed by atoms with Gasteiger partial charge in [0.05, 0.1) is 19.8 Å². The molecule has 3 N–H and O–H groups in total. The fraction of sp³-hybridized carbons (Fsp3) is 0.680. The van der Waals surface area contributed by atoms with E-state index in [0.717, 1.165) is 64.2 Å². The predicted molar refractivity (Wildman–Crippen MR) is 251 cm³/mol. The second-order valence-electron chi connectivity index (χ2n) is 15.4. The molecule has 0 aromatic rings. The van der Waals surface area contributed by atoms with Crippen LogP contribution in [0.5, 0.6) is 0 Å². The summed E-state index contributed by atoms with van der Waals surface area (Å²) in [6, 6.07) is 0. The smallest absolute Gasteiger partial charge is 0.462 e. The molecule has 0 amide bonds. The molecule has 11 heteroatoms.